The molecule has 0 bridgehead atoms. The van der Waals surface area contributed by atoms with Crippen molar-refractivity contribution < 1.29 is 4.79 Å². The highest BCUT2D eigenvalue weighted by Gasteiger charge is 2.15. The highest BCUT2D eigenvalue weighted by Crippen LogP contribution is 2.14. The third-order valence-electron chi connectivity index (χ3n) is 2.84. The molecule has 1 unspecified atom stereocenters. The number of nitrogens with one attached hydrogen (secondary N) is 1. The number of halogens is 1. The lowest BCUT2D eigenvalue weighted by atomic mass is 9.97. The van der Waals surface area contributed by atoms with Crippen molar-refractivity contribution in [3.63, 3.8) is 0 Å². The number of hydrogen-bond acceptors (Lipinski definition) is 1. The molecular weight excluding hydrogens is 266 g/mol. The third kappa shape index (κ3) is 7.26. The number of carbonyl (C=O) groups is 1. The Balaban J connectivity index is 3.81. The molecule has 0 aromatic rings. The van der Waals surface area contributed by atoms with Gasteiger partial charge in [-0.25, -0.2) is 0 Å². The summed E-state index contributed by atoms with van der Waals surface area (Å²) in [5.74, 6) is 0.477. The van der Waals surface area contributed by atoms with E-state index in [2.05, 4.69) is 42.0 Å². The second-order valence-corrected chi connectivity index (χ2v) is 5.65. The Morgan fingerprint density at radius 1 is 1.12 bits per heavy atom. The van der Waals surface area contributed by atoms with Gasteiger partial charge in [-0.05, 0) is 25.7 Å². The maximum Gasteiger partial charge on any atom is 0.223 e. The van der Waals surface area contributed by atoms with Crippen molar-refractivity contribution >= 4 is 21.8 Å². The Bertz CT molecular complexity index is 179. The Labute approximate surface area is 109 Å². The van der Waals surface area contributed by atoms with Crippen LogP contribution in [0.2, 0.25) is 0 Å². The molecule has 0 aliphatic heterocycles. The molecule has 0 radical (unpaired) electrons. The maximum atomic E-state index is 11.9. The standard InChI is InChI=1S/C13H26BrNO/c1-4-7-11(8-5-2)13(16)15-10-9-12(14)6-3/h11-12H,4-10H2,1-3H3,(H,15,16). The van der Waals surface area contributed by atoms with Crippen LogP contribution in [0, 0.1) is 5.92 Å². The molecule has 0 aromatic carbocycles. The topological polar surface area (TPSA) is 29.1 Å². The Morgan fingerprint density at radius 2 is 1.69 bits per heavy atom. The van der Waals surface area contributed by atoms with Crippen molar-refractivity contribution in [1.29, 1.82) is 0 Å². The second-order valence-electron chi connectivity index (χ2n) is 4.36. The van der Waals surface area contributed by atoms with Crippen molar-refractivity contribution in [1.82, 2.24) is 5.32 Å². The van der Waals surface area contributed by atoms with Gasteiger partial charge in [0.1, 0.15) is 0 Å². The first-order valence-electron chi connectivity index (χ1n) is 6.57. The first kappa shape index (κ1) is 16.0. The van der Waals surface area contributed by atoms with Gasteiger partial charge in [0.05, 0.1) is 0 Å². The van der Waals surface area contributed by atoms with Gasteiger partial charge in [-0.15, -0.1) is 0 Å². The van der Waals surface area contributed by atoms with Crippen LogP contribution in [0.25, 0.3) is 0 Å². The molecule has 3 heteroatoms. The van der Waals surface area contributed by atoms with Gasteiger partial charge >= 0.3 is 0 Å². The zero-order chi connectivity index (χ0) is 12.4. The van der Waals surface area contributed by atoms with Crippen LogP contribution in [-0.4, -0.2) is 17.3 Å². The number of rotatable bonds is 9. The summed E-state index contributed by atoms with van der Waals surface area (Å²) in [4.78, 5) is 12.4. The summed E-state index contributed by atoms with van der Waals surface area (Å²) in [7, 11) is 0. The van der Waals surface area contributed by atoms with E-state index in [4.69, 9.17) is 0 Å². The fraction of sp³-hybridized carbons (Fsp3) is 0.923. The van der Waals surface area contributed by atoms with Gasteiger partial charge in [0, 0.05) is 17.3 Å². The minimum absolute atomic E-state index is 0.227. The van der Waals surface area contributed by atoms with E-state index in [0.717, 1.165) is 45.1 Å². The molecule has 0 heterocycles. The first-order chi connectivity index (χ1) is 7.65. The Morgan fingerprint density at radius 3 is 2.12 bits per heavy atom. The highest BCUT2D eigenvalue weighted by atomic mass is 79.9. The van der Waals surface area contributed by atoms with E-state index >= 15 is 0 Å². The fourth-order valence-electron chi connectivity index (χ4n) is 1.80. The zero-order valence-electron chi connectivity index (χ0n) is 10.9. The molecule has 16 heavy (non-hydrogen) atoms. The van der Waals surface area contributed by atoms with Crippen LogP contribution in [0.1, 0.15) is 59.3 Å². The monoisotopic (exact) mass is 291 g/mol. The minimum Gasteiger partial charge on any atom is -0.356 e. The summed E-state index contributed by atoms with van der Waals surface area (Å²) in [6, 6.07) is 0. The van der Waals surface area contributed by atoms with Crippen molar-refractivity contribution in [2.24, 2.45) is 5.92 Å². The zero-order valence-corrected chi connectivity index (χ0v) is 12.5. The van der Waals surface area contributed by atoms with E-state index in [1.807, 2.05) is 0 Å². The van der Waals surface area contributed by atoms with Crippen LogP contribution in [0.4, 0.5) is 0 Å². The number of alkyl halides is 1. The van der Waals surface area contributed by atoms with Gasteiger partial charge in [0.25, 0.3) is 0 Å². The molecule has 0 aromatic heterocycles. The molecule has 1 N–H and O–H groups in total. The van der Waals surface area contributed by atoms with Crippen molar-refractivity contribution in [2.45, 2.75) is 64.1 Å². The maximum absolute atomic E-state index is 11.9. The first-order valence-corrected chi connectivity index (χ1v) is 7.48. The van der Waals surface area contributed by atoms with Gasteiger partial charge in [0.2, 0.25) is 5.91 Å². The van der Waals surface area contributed by atoms with Crippen LogP contribution in [0.15, 0.2) is 0 Å². The van der Waals surface area contributed by atoms with Crippen LogP contribution in [-0.2, 0) is 4.79 Å². The van der Waals surface area contributed by atoms with Crippen LogP contribution in [0.5, 0.6) is 0 Å². The molecule has 0 aliphatic rings. The molecule has 0 saturated carbocycles. The van der Waals surface area contributed by atoms with Gasteiger partial charge in [-0.3, -0.25) is 4.79 Å². The SMILES string of the molecule is CCCC(CCC)C(=O)NCCC(Br)CC. The summed E-state index contributed by atoms with van der Waals surface area (Å²) in [5.41, 5.74) is 0. The molecule has 0 saturated heterocycles. The van der Waals surface area contributed by atoms with E-state index < -0.39 is 0 Å². The van der Waals surface area contributed by atoms with Crippen LogP contribution in [0.3, 0.4) is 0 Å². The van der Waals surface area contributed by atoms with Crippen LogP contribution < -0.4 is 5.32 Å². The highest BCUT2D eigenvalue weighted by molar-refractivity contribution is 9.09. The summed E-state index contributed by atoms with van der Waals surface area (Å²) < 4.78 is 0. The lowest BCUT2D eigenvalue weighted by molar-refractivity contribution is -0.125. The molecule has 0 spiro atoms. The number of hydrogen-bond donors (Lipinski definition) is 1. The number of amides is 1. The van der Waals surface area contributed by atoms with Gasteiger partial charge in [-0.2, -0.15) is 0 Å². The summed E-state index contributed by atoms with van der Waals surface area (Å²) >= 11 is 3.57. The van der Waals surface area contributed by atoms with Gasteiger partial charge in [0.15, 0.2) is 0 Å². The molecule has 2 nitrogen and oxygen atoms in total. The van der Waals surface area contributed by atoms with E-state index in [1.165, 1.54) is 0 Å². The van der Waals surface area contributed by atoms with E-state index in [1.54, 1.807) is 0 Å². The number of carbonyl (C=O) groups excluding carboxylic acids is 1. The fourth-order valence-corrected chi connectivity index (χ4v) is 2.03. The predicted molar refractivity (Wildman–Crippen MR) is 73.9 cm³/mol. The lowest BCUT2D eigenvalue weighted by Crippen LogP contribution is -2.32. The van der Waals surface area contributed by atoms with E-state index in [0.29, 0.717) is 4.83 Å². The average Bonchev–Trinajstić information content (AvgIpc) is 2.28. The van der Waals surface area contributed by atoms with Gasteiger partial charge in [-0.1, -0.05) is 49.5 Å². The van der Waals surface area contributed by atoms with E-state index in [9.17, 15) is 4.79 Å². The lowest BCUT2D eigenvalue weighted by Gasteiger charge is -2.15. The molecule has 1 atom stereocenters. The Hall–Kier alpha value is -0.0500. The summed E-state index contributed by atoms with van der Waals surface area (Å²) in [5, 5.41) is 3.05. The molecule has 1 amide bonds. The average molecular weight is 292 g/mol. The molecule has 0 rings (SSSR count). The second kappa shape index (κ2) is 10.1. The Kier molecular flexibility index (Phi) is 10.1. The molecule has 0 aliphatic carbocycles. The smallest absolute Gasteiger partial charge is 0.223 e. The predicted octanol–water partition coefficient (Wildman–Crippen LogP) is 3.88. The summed E-state index contributed by atoms with van der Waals surface area (Å²) in [6.07, 6.45) is 6.36. The normalized spacial score (nSPS) is 12.8. The largest absolute Gasteiger partial charge is 0.356 e. The third-order valence-corrected chi connectivity index (χ3v) is 3.95. The van der Waals surface area contributed by atoms with E-state index in [-0.39, 0.29) is 11.8 Å². The quantitative estimate of drug-likeness (QED) is 0.642. The van der Waals surface area contributed by atoms with Crippen LogP contribution >= 0.6 is 15.9 Å². The molecular formula is C13H26BrNO. The molecule has 96 valence electrons. The molecule has 0 fully saturated rings. The van der Waals surface area contributed by atoms with Crippen molar-refractivity contribution in [3.8, 4) is 0 Å². The van der Waals surface area contributed by atoms with Gasteiger partial charge < -0.3 is 5.32 Å². The summed E-state index contributed by atoms with van der Waals surface area (Å²) in [6.45, 7) is 7.23. The van der Waals surface area contributed by atoms with Crippen molar-refractivity contribution in [2.75, 3.05) is 6.54 Å². The van der Waals surface area contributed by atoms with Crippen molar-refractivity contribution in [3.05, 3.63) is 0 Å². The minimum atomic E-state index is 0.227.